The van der Waals surface area contributed by atoms with Crippen LogP contribution >= 0.6 is 0 Å². The molecule has 31 heavy (non-hydrogen) atoms. The van der Waals surface area contributed by atoms with Gasteiger partial charge < -0.3 is 29.1 Å². The Kier molecular flexibility index (Phi) is 8.45. The Labute approximate surface area is 183 Å². The molecule has 7 nitrogen and oxygen atoms in total. The molecule has 0 aliphatic carbocycles. The number of ether oxygens (including phenoxy) is 4. The Hall–Kier alpha value is -3.06. The second-order valence-corrected chi connectivity index (χ2v) is 8.27. The van der Waals surface area contributed by atoms with E-state index in [0.717, 1.165) is 11.1 Å². The minimum atomic E-state index is -1.29. The molecule has 2 aromatic rings. The van der Waals surface area contributed by atoms with Crippen LogP contribution in [0.1, 0.15) is 31.9 Å². The van der Waals surface area contributed by atoms with Gasteiger partial charge in [0.05, 0.1) is 13.7 Å². The summed E-state index contributed by atoms with van der Waals surface area (Å²) in [5.41, 5.74) is -0.195. The number of alkyl carbamates (subject to hydrolysis) is 1. The summed E-state index contributed by atoms with van der Waals surface area (Å²) in [6, 6.07) is 15.2. The molecule has 7 heteroatoms. The van der Waals surface area contributed by atoms with Gasteiger partial charge in [-0.15, -0.1) is 0 Å². The smallest absolute Gasteiger partial charge is 0.408 e. The van der Waals surface area contributed by atoms with E-state index in [4.69, 9.17) is 18.9 Å². The van der Waals surface area contributed by atoms with Crippen LogP contribution in [-0.2, 0) is 27.3 Å². The molecule has 0 saturated heterocycles. The van der Waals surface area contributed by atoms with Crippen LogP contribution in [0.5, 0.6) is 11.5 Å². The van der Waals surface area contributed by atoms with Gasteiger partial charge >= 0.3 is 6.09 Å². The zero-order chi connectivity index (χ0) is 22.9. The zero-order valence-electron chi connectivity index (χ0n) is 18.8. The van der Waals surface area contributed by atoms with Crippen LogP contribution in [-0.4, -0.2) is 44.3 Å². The van der Waals surface area contributed by atoms with Crippen LogP contribution in [0.3, 0.4) is 0 Å². The number of benzene rings is 2. The first-order chi connectivity index (χ1) is 14.7. The van der Waals surface area contributed by atoms with Gasteiger partial charge in [0.2, 0.25) is 0 Å². The van der Waals surface area contributed by atoms with Crippen molar-refractivity contribution in [1.29, 1.82) is 0 Å². The molecule has 2 rings (SSSR count). The number of aldehydes is 1. The second-order valence-electron chi connectivity index (χ2n) is 8.27. The van der Waals surface area contributed by atoms with Crippen LogP contribution < -0.4 is 14.8 Å². The fourth-order valence-electron chi connectivity index (χ4n) is 3.04. The van der Waals surface area contributed by atoms with Crippen LogP contribution in [0.15, 0.2) is 48.5 Å². The molecule has 1 atom stereocenters. The van der Waals surface area contributed by atoms with Gasteiger partial charge in [-0.25, -0.2) is 4.79 Å². The van der Waals surface area contributed by atoms with E-state index in [9.17, 15) is 9.59 Å². The highest BCUT2D eigenvalue weighted by Crippen LogP contribution is 2.30. The highest BCUT2D eigenvalue weighted by atomic mass is 16.6. The topological polar surface area (TPSA) is 83.1 Å². The van der Waals surface area contributed by atoms with Crippen molar-refractivity contribution in [1.82, 2.24) is 5.32 Å². The van der Waals surface area contributed by atoms with E-state index >= 15 is 0 Å². The number of carbonyl (C=O) groups excluding carboxylic acids is 2. The molecule has 0 fully saturated rings. The standard InChI is InChI=1S/C24H31NO6/c1-23(2,3)31-22(27)25-24(16-26,17-28-4)14-19-11-12-20(29-5)21(13-19)30-15-18-9-7-6-8-10-18/h6-13,16H,14-15,17H2,1-5H3,(H,25,27)/t24-/m0/s1. The average Bonchev–Trinajstić information content (AvgIpc) is 2.71. The Morgan fingerprint density at radius 2 is 1.71 bits per heavy atom. The van der Waals surface area contributed by atoms with Gasteiger partial charge in [0.1, 0.15) is 24.0 Å². The van der Waals surface area contributed by atoms with Crippen molar-refractivity contribution in [3.05, 3.63) is 59.7 Å². The van der Waals surface area contributed by atoms with Crippen molar-refractivity contribution in [3.63, 3.8) is 0 Å². The molecule has 0 saturated carbocycles. The van der Waals surface area contributed by atoms with E-state index in [1.54, 1.807) is 40.0 Å². The molecule has 1 N–H and O–H groups in total. The van der Waals surface area contributed by atoms with Crippen molar-refractivity contribution in [2.24, 2.45) is 0 Å². The summed E-state index contributed by atoms with van der Waals surface area (Å²) in [6.45, 7) is 5.62. The maximum absolute atomic E-state index is 12.3. The summed E-state index contributed by atoms with van der Waals surface area (Å²) in [7, 11) is 3.03. The summed E-state index contributed by atoms with van der Waals surface area (Å²) in [6.07, 6.45) is 0.176. The Balaban J connectivity index is 2.23. The minimum Gasteiger partial charge on any atom is -0.493 e. The molecule has 0 radical (unpaired) electrons. The fourth-order valence-corrected chi connectivity index (χ4v) is 3.04. The second kappa shape index (κ2) is 10.8. The number of amides is 1. The van der Waals surface area contributed by atoms with E-state index in [2.05, 4.69) is 5.32 Å². The molecule has 1 amide bonds. The molecule has 0 bridgehead atoms. The Morgan fingerprint density at radius 3 is 2.29 bits per heavy atom. The third-order valence-electron chi connectivity index (χ3n) is 4.36. The number of nitrogens with one attached hydrogen (secondary N) is 1. The first-order valence-electron chi connectivity index (χ1n) is 10.0. The van der Waals surface area contributed by atoms with Crippen molar-refractivity contribution in [3.8, 4) is 11.5 Å². The predicted octanol–water partition coefficient (Wildman–Crippen LogP) is 3.93. The van der Waals surface area contributed by atoms with Gasteiger partial charge in [-0.3, -0.25) is 0 Å². The lowest BCUT2D eigenvalue weighted by Crippen LogP contribution is -2.55. The van der Waals surface area contributed by atoms with E-state index < -0.39 is 17.2 Å². The third kappa shape index (κ3) is 7.61. The number of rotatable bonds is 10. The lowest BCUT2D eigenvalue weighted by atomic mass is 9.92. The number of hydrogen-bond donors (Lipinski definition) is 1. The maximum atomic E-state index is 12.3. The number of hydrogen-bond acceptors (Lipinski definition) is 6. The summed E-state index contributed by atoms with van der Waals surface area (Å²) in [5, 5.41) is 2.67. The largest absolute Gasteiger partial charge is 0.493 e. The van der Waals surface area contributed by atoms with Gasteiger partial charge in [0.25, 0.3) is 0 Å². The summed E-state index contributed by atoms with van der Waals surface area (Å²) < 4.78 is 21.9. The Morgan fingerprint density at radius 1 is 1.00 bits per heavy atom. The summed E-state index contributed by atoms with van der Waals surface area (Å²) in [5.74, 6) is 1.11. The van der Waals surface area contributed by atoms with E-state index in [1.165, 1.54) is 7.11 Å². The molecule has 0 unspecified atom stereocenters. The zero-order valence-corrected chi connectivity index (χ0v) is 18.8. The lowest BCUT2D eigenvalue weighted by molar-refractivity contribution is -0.115. The highest BCUT2D eigenvalue weighted by Gasteiger charge is 2.34. The van der Waals surface area contributed by atoms with Crippen molar-refractivity contribution in [2.45, 2.75) is 44.9 Å². The fraction of sp³-hybridized carbons (Fsp3) is 0.417. The van der Waals surface area contributed by atoms with Crippen LogP contribution in [0, 0.1) is 0 Å². The normalized spacial score (nSPS) is 13.1. The first kappa shape index (κ1) is 24.2. The van der Waals surface area contributed by atoms with E-state index in [-0.39, 0.29) is 13.0 Å². The monoisotopic (exact) mass is 429 g/mol. The average molecular weight is 430 g/mol. The van der Waals surface area contributed by atoms with Gasteiger partial charge in [0.15, 0.2) is 11.5 Å². The van der Waals surface area contributed by atoms with Gasteiger partial charge in [-0.2, -0.15) is 0 Å². The number of methoxy groups -OCH3 is 2. The molecular formula is C24H31NO6. The summed E-state index contributed by atoms with van der Waals surface area (Å²) in [4.78, 5) is 24.4. The van der Waals surface area contributed by atoms with E-state index in [1.807, 2.05) is 36.4 Å². The van der Waals surface area contributed by atoms with Crippen LogP contribution in [0.25, 0.3) is 0 Å². The van der Waals surface area contributed by atoms with Crippen molar-refractivity contribution >= 4 is 12.4 Å². The molecular weight excluding hydrogens is 398 g/mol. The van der Waals surface area contributed by atoms with Gasteiger partial charge in [-0.1, -0.05) is 36.4 Å². The van der Waals surface area contributed by atoms with Crippen LogP contribution in [0.2, 0.25) is 0 Å². The Bertz CT molecular complexity index is 862. The van der Waals surface area contributed by atoms with Crippen LogP contribution in [0.4, 0.5) is 4.79 Å². The van der Waals surface area contributed by atoms with E-state index in [0.29, 0.717) is 24.4 Å². The van der Waals surface area contributed by atoms with Gasteiger partial charge in [-0.05, 0) is 44.0 Å². The molecule has 0 spiro atoms. The third-order valence-corrected chi connectivity index (χ3v) is 4.36. The number of carbonyl (C=O) groups is 2. The molecule has 2 aromatic carbocycles. The highest BCUT2D eigenvalue weighted by molar-refractivity contribution is 5.77. The van der Waals surface area contributed by atoms with Crippen molar-refractivity contribution in [2.75, 3.05) is 20.8 Å². The maximum Gasteiger partial charge on any atom is 0.408 e. The molecule has 0 aromatic heterocycles. The summed E-state index contributed by atoms with van der Waals surface area (Å²) >= 11 is 0. The molecule has 0 aliphatic rings. The SMILES string of the molecule is COC[C@@](C=O)(Cc1ccc(OC)c(OCc2ccccc2)c1)NC(=O)OC(C)(C)C. The quantitative estimate of drug-likeness (QED) is 0.577. The molecule has 0 heterocycles. The first-order valence-corrected chi connectivity index (χ1v) is 10.0. The van der Waals surface area contributed by atoms with Crippen molar-refractivity contribution < 1.29 is 28.5 Å². The predicted molar refractivity (Wildman–Crippen MR) is 118 cm³/mol. The lowest BCUT2D eigenvalue weighted by Gasteiger charge is -2.30. The molecule has 0 aliphatic heterocycles. The van der Waals surface area contributed by atoms with Gasteiger partial charge in [0, 0.05) is 13.5 Å². The molecule has 168 valence electrons. The minimum absolute atomic E-state index is 0.0119.